The molecule has 5 heteroatoms. The van der Waals surface area contributed by atoms with Gasteiger partial charge in [-0.1, -0.05) is 12.1 Å². The Bertz CT molecular complexity index is 727. The van der Waals surface area contributed by atoms with Gasteiger partial charge in [0.15, 0.2) is 6.10 Å². The van der Waals surface area contributed by atoms with E-state index in [-0.39, 0.29) is 11.9 Å². The van der Waals surface area contributed by atoms with Gasteiger partial charge in [0, 0.05) is 0 Å². The summed E-state index contributed by atoms with van der Waals surface area (Å²) in [4.78, 5) is 12.3. The van der Waals surface area contributed by atoms with Crippen molar-refractivity contribution >= 4 is 5.91 Å². The summed E-state index contributed by atoms with van der Waals surface area (Å²) in [5, 5.41) is 2.91. The lowest BCUT2D eigenvalue weighted by atomic mass is 10.1. The Labute approximate surface area is 155 Å². The third-order valence-corrected chi connectivity index (χ3v) is 3.96. The number of methoxy groups -OCH3 is 1. The van der Waals surface area contributed by atoms with Crippen molar-refractivity contribution in [3.8, 4) is 17.2 Å². The van der Waals surface area contributed by atoms with Crippen LogP contribution < -0.4 is 19.5 Å². The maximum absolute atomic E-state index is 12.3. The van der Waals surface area contributed by atoms with Crippen molar-refractivity contribution in [3.05, 3.63) is 53.6 Å². The monoisotopic (exact) mass is 357 g/mol. The lowest BCUT2D eigenvalue weighted by molar-refractivity contribution is -0.128. The predicted octanol–water partition coefficient (Wildman–Crippen LogP) is 3.66. The molecule has 0 aliphatic rings. The Morgan fingerprint density at radius 3 is 2.35 bits per heavy atom. The Balaban J connectivity index is 1.82. The minimum Gasteiger partial charge on any atom is -0.497 e. The Morgan fingerprint density at radius 1 is 1.04 bits per heavy atom. The number of benzene rings is 2. The van der Waals surface area contributed by atoms with Crippen molar-refractivity contribution in [3.63, 3.8) is 0 Å². The molecule has 0 aliphatic carbocycles. The van der Waals surface area contributed by atoms with Crippen LogP contribution in [0.5, 0.6) is 17.2 Å². The number of ether oxygens (including phenoxy) is 3. The van der Waals surface area contributed by atoms with Gasteiger partial charge in [-0.05, 0) is 69.2 Å². The van der Waals surface area contributed by atoms with Crippen LogP contribution in [0.2, 0.25) is 0 Å². The lowest BCUT2D eigenvalue weighted by Gasteiger charge is -2.20. The van der Waals surface area contributed by atoms with Gasteiger partial charge in [0.2, 0.25) is 0 Å². The summed E-state index contributed by atoms with van der Waals surface area (Å²) in [6.07, 6.45) is -0.584. The molecule has 1 N–H and O–H groups in total. The second-order valence-electron chi connectivity index (χ2n) is 6.43. The van der Waals surface area contributed by atoms with E-state index < -0.39 is 6.10 Å². The predicted molar refractivity (Wildman–Crippen MR) is 102 cm³/mol. The molecule has 2 rings (SSSR count). The van der Waals surface area contributed by atoms with Crippen molar-refractivity contribution in [2.75, 3.05) is 13.7 Å². The quantitative estimate of drug-likeness (QED) is 0.783. The molecule has 0 fully saturated rings. The Kier molecular flexibility index (Phi) is 6.89. The van der Waals surface area contributed by atoms with Gasteiger partial charge in [0.25, 0.3) is 5.91 Å². The van der Waals surface area contributed by atoms with Gasteiger partial charge in [-0.2, -0.15) is 0 Å². The highest BCUT2D eigenvalue weighted by Gasteiger charge is 2.18. The fraction of sp³-hybridized carbons (Fsp3) is 0.381. The highest BCUT2D eigenvalue weighted by Crippen LogP contribution is 2.20. The van der Waals surface area contributed by atoms with E-state index in [1.165, 1.54) is 0 Å². The number of carbonyl (C=O) groups is 1. The molecule has 0 aliphatic heterocycles. The average molecular weight is 357 g/mol. The number of amides is 1. The zero-order chi connectivity index (χ0) is 19.1. The molecule has 0 radical (unpaired) electrons. The van der Waals surface area contributed by atoms with Crippen LogP contribution in [0.25, 0.3) is 0 Å². The number of hydrogen-bond acceptors (Lipinski definition) is 4. The van der Waals surface area contributed by atoms with Crippen molar-refractivity contribution in [2.45, 2.75) is 39.8 Å². The molecule has 0 spiro atoms. The second kappa shape index (κ2) is 9.13. The van der Waals surface area contributed by atoms with Crippen LogP contribution in [0.15, 0.2) is 42.5 Å². The third-order valence-electron chi connectivity index (χ3n) is 3.96. The van der Waals surface area contributed by atoms with E-state index in [0.717, 1.165) is 28.4 Å². The van der Waals surface area contributed by atoms with Gasteiger partial charge in [0.1, 0.15) is 23.9 Å². The lowest BCUT2D eigenvalue weighted by Crippen LogP contribution is -2.43. The molecule has 0 heterocycles. The van der Waals surface area contributed by atoms with E-state index in [9.17, 15) is 4.79 Å². The maximum Gasteiger partial charge on any atom is 0.261 e. The first kappa shape index (κ1) is 19.6. The summed E-state index contributed by atoms with van der Waals surface area (Å²) >= 11 is 0. The van der Waals surface area contributed by atoms with E-state index in [0.29, 0.717) is 6.61 Å². The molecular weight excluding hydrogens is 330 g/mol. The van der Waals surface area contributed by atoms with Crippen LogP contribution in [-0.2, 0) is 4.79 Å². The van der Waals surface area contributed by atoms with Crippen molar-refractivity contribution in [2.24, 2.45) is 0 Å². The molecule has 2 atom stereocenters. The van der Waals surface area contributed by atoms with Crippen molar-refractivity contribution in [1.82, 2.24) is 5.32 Å². The summed E-state index contributed by atoms with van der Waals surface area (Å²) in [6, 6.07) is 13.1. The first-order valence-electron chi connectivity index (χ1n) is 8.70. The Hall–Kier alpha value is -2.69. The molecule has 2 aromatic rings. The molecule has 0 aromatic heterocycles. The van der Waals surface area contributed by atoms with E-state index in [4.69, 9.17) is 14.2 Å². The first-order chi connectivity index (χ1) is 12.4. The zero-order valence-corrected chi connectivity index (χ0v) is 16.0. The highest BCUT2D eigenvalue weighted by molar-refractivity contribution is 5.81. The summed E-state index contributed by atoms with van der Waals surface area (Å²) in [7, 11) is 1.62. The number of carbonyl (C=O) groups excluding carboxylic acids is 1. The molecule has 0 saturated heterocycles. The average Bonchev–Trinajstić information content (AvgIpc) is 2.63. The van der Waals surface area contributed by atoms with Gasteiger partial charge < -0.3 is 19.5 Å². The number of rotatable bonds is 8. The molecule has 5 nitrogen and oxygen atoms in total. The molecule has 140 valence electrons. The van der Waals surface area contributed by atoms with E-state index in [1.807, 2.05) is 63.2 Å². The molecule has 0 unspecified atom stereocenters. The molecule has 2 aromatic carbocycles. The van der Waals surface area contributed by atoms with Gasteiger partial charge in [-0.3, -0.25) is 4.79 Å². The van der Waals surface area contributed by atoms with E-state index >= 15 is 0 Å². The normalized spacial score (nSPS) is 12.8. The SMILES string of the molecule is COc1ccc(OC[C@@H](C)NC(=O)[C@@H](C)Oc2cc(C)ccc2C)cc1. The number of aryl methyl sites for hydroxylation is 2. The molecular formula is C21H27NO4. The summed E-state index contributed by atoms with van der Waals surface area (Å²) < 4.78 is 16.6. The number of hydrogen-bond donors (Lipinski definition) is 1. The van der Waals surface area contributed by atoms with Crippen LogP contribution in [0.4, 0.5) is 0 Å². The van der Waals surface area contributed by atoms with E-state index in [1.54, 1.807) is 14.0 Å². The van der Waals surface area contributed by atoms with Gasteiger partial charge in [-0.25, -0.2) is 0 Å². The van der Waals surface area contributed by atoms with Gasteiger partial charge in [0.05, 0.1) is 13.2 Å². The summed E-state index contributed by atoms with van der Waals surface area (Å²) in [5.41, 5.74) is 2.10. The van der Waals surface area contributed by atoms with Crippen LogP contribution in [0.1, 0.15) is 25.0 Å². The largest absolute Gasteiger partial charge is 0.497 e. The Morgan fingerprint density at radius 2 is 1.69 bits per heavy atom. The fourth-order valence-electron chi connectivity index (χ4n) is 2.37. The smallest absolute Gasteiger partial charge is 0.261 e. The van der Waals surface area contributed by atoms with Gasteiger partial charge >= 0.3 is 0 Å². The zero-order valence-electron chi connectivity index (χ0n) is 16.0. The van der Waals surface area contributed by atoms with Crippen LogP contribution >= 0.6 is 0 Å². The fourth-order valence-corrected chi connectivity index (χ4v) is 2.37. The minimum atomic E-state index is -0.584. The van der Waals surface area contributed by atoms with E-state index in [2.05, 4.69) is 5.32 Å². The summed E-state index contributed by atoms with van der Waals surface area (Å²) in [6.45, 7) is 7.97. The van der Waals surface area contributed by atoms with Crippen LogP contribution in [0.3, 0.4) is 0 Å². The molecule has 1 amide bonds. The van der Waals surface area contributed by atoms with Gasteiger partial charge in [-0.15, -0.1) is 0 Å². The maximum atomic E-state index is 12.3. The molecule has 0 saturated carbocycles. The molecule has 0 bridgehead atoms. The minimum absolute atomic E-state index is 0.144. The summed E-state index contributed by atoms with van der Waals surface area (Å²) in [5.74, 6) is 2.06. The first-order valence-corrected chi connectivity index (χ1v) is 8.70. The topological polar surface area (TPSA) is 56.8 Å². The highest BCUT2D eigenvalue weighted by atomic mass is 16.5. The standard InChI is InChI=1S/C21H27NO4/c1-14-6-7-15(2)20(12-14)26-17(4)21(23)22-16(3)13-25-19-10-8-18(24-5)9-11-19/h6-12,16-17H,13H2,1-5H3,(H,22,23)/t16-,17-/m1/s1. The van der Waals surface area contributed by atoms with Crippen LogP contribution in [-0.4, -0.2) is 31.8 Å². The van der Waals surface area contributed by atoms with Crippen molar-refractivity contribution < 1.29 is 19.0 Å². The van der Waals surface area contributed by atoms with Crippen molar-refractivity contribution in [1.29, 1.82) is 0 Å². The van der Waals surface area contributed by atoms with Crippen LogP contribution in [0, 0.1) is 13.8 Å². The molecule has 26 heavy (non-hydrogen) atoms. The number of nitrogens with one attached hydrogen (secondary N) is 1. The third kappa shape index (κ3) is 5.69. The second-order valence-corrected chi connectivity index (χ2v) is 6.43.